The maximum atomic E-state index is 8.87. The second-order valence-corrected chi connectivity index (χ2v) is 2.58. The van der Waals surface area contributed by atoms with E-state index in [0.717, 1.165) is 0 Å². The zero-order chi connectivity index (χ0) is 10.4. The summed E-state index contributed by atoms with van der Waals surface area (Å²) in [5.41, 5.74) is 0.431. The maximum Gasteiger partial charge on any atom is 0.232 e. The molecule has 74 valence electrons. The van der Waals surface area contributed by atoms with Crippen molar-refractivity contribution in [1.82, 2.24) is 9.97 Å². The van der Waals surface area contributed by atoms with E-state index in [2.05, 4.69) is 9.97 Å². The second kappa shape index (κ2) is 5.14. The first-order valence-corrected chi connectivity index (χ1v) is 4.27. The Morgan fingerprint density at radius 3 is 3.00 bits per heavy atom. The van der Waals surface area contributed by atoms with Crippen LogP contribution in [0.15, 0.2) is 12.4 Å². The van der Waals surface area contributed by atoms with E-state index in [4.69, 9.17) is 15.1 Å². The molecule has 1 heterocycles. The summed E-state index contributed by atoms with van der Waals surface area (Å²) in [5, 5.41) is 17.6. The highest BCUT2D eigenvalue weighted by atomic mass is 16.5. The van der Waals surface area contributed by atoms with Crippen LogP contribution in [0.1, 0.15) is 18.5 Å². The Kier molecular flexibility index (Phi) is 3.83. The Balaban J connectivity index is 2.88. The minimum Gasteiger partial charge on any atom is -0.477 e. The molecule has 1 aromatic rings. The highest BCUT2D eigenvalue weighted by Gasteiger charge is 2.11. The van der Waals surface area contributed by atoms with Crippen molar-refractivity contribution in [1.29, 1.82) is 5.26 Å². The van der Waals surface area contributed by atoms with Gasteiger partial charge in [-0.15, -0.1) is 0 Å². The van der Waals surface area contributed by atoms with E-state index in [1.807, 2.05) is 13.0 Å². The Bertz CT molecular complexity index is 335. The van der Waals surface area contributed by atoms with Crippen LogP contribution in [0.3, 0.4) is 0 Å². The van der Waals surface area contributed by atoms with Crippen molar-refractivity contribution < 1.29 is 9.84 Å². The molecule has 0 saturated heterocycles. The predicted molar refractivity (Wildman–Crippen MR) is 48.6 cm³/mol. The summed E-state index contributed by atoms with van der Waals surface area (Å²) < 4.78 is 5.12. The minimum atomic E-state index is -0.636. The molecular weight excluding hydrogens is 182 g/mol. The molecule has 0 spiro atoms. The van der Waals surface area contributed by atoms with Crippen molar-refractivity contribution in [3.05, 3.63) is 18.1 Å². The number of hydrogen-bond acceptors (Lipinski definition) is 5. The van der Waals surface area contributed by atoms with Crippen LogP contribution < -0.4 is 4.74 Å². The summed E-state index contributed by atoms with van der Waals surface area (Å²) in [5.74, 6) is -0.262. The molecule has 1 rings (SSSR count). The summed E-state index contributed by atoms with van der Waals surface area (Å²) in [7, 11) is 0. The summed E-state index contributed by atoms with van der Waals surface area (Å²) >= 11 is 0. The number of nitrogens with zero attached hydrogens (tertiary/aromatic N) is 3. The molecule has 14 heavy (non-hydrogen) atoms. The second-order valence-electron chi connectivity index (χ2n) is 2.58. The fourth-order valence-electron chi connectivity index (χ4n) is 0.948. The number of nitriles is 1. The molecule has 1 aromatic heterocycles. The fraction of sp³-hybridized carbons (Fsp3) is 0.444. The van der Waals surface area contributed by atoms with Crippen molar-refractivity contribution in [3.8, 4) is 11.9 Å². The van der Waals surface area contributed by atoms with E-state index in [9.17, 15) is 0 Å². The molecule has 0 aliphatic carbocycles. The number of rotatable bonds is 4. The van der Waals surface area contributed by atoms with Gasteiger partial charge in [0.25, 0.3) is 0 Å². The zero-order valence-corrected chi connectivity index (χ0v) is 7.84. The van der Waals surface area contributed by atoms with Gasteiger partial charge in [-0.2, -0.15) is 5.26 Å². The molecule has 5 nitrogen and oxygen atoms in total. The summed E-state index contributed by atoms with van der Waals surface area (Å²) in [6, 6.07) is 1.93. The highest BCUT2D eigenvalue weighted by Crippen LogP contribution is 2.13. The van der Waals surface area contributed by atoms with Gasteiger partial charge in [0, 0.05) is 0 Å². The number of aromatic nitrogens is 2. The third kappa shape index (κ3) is 2.41. The lowest BCUT2D eigenvalue weighted by atomic mass is 10.1. The van der Waals surface area contributed by atoms with Gasteiger partial charge in [0.15, 0.2) is 0 Å². The van der Waals surface area contributed by atoms with Gasteiger partial charge in [-0.25, -0.2) is 4.98 Å². The first kappa shape index (κ1) is 10.4. The van der Waals surface area contributed by atoms with E-state index in [-0.39, 0.29) is 6.61 Å². The predicted octanol–water partition coefficient (Wildman–Crippen LogP) is 0.475. The topological polar surface area (TPSA) is 79.0 Å². The van der Waals surface area contributed by atoms with Crippen LogP contribution in [0.25, 0.3) is 0 Å². The maximum absolute atomic E-state index is 8.87. The van der Waals surface area contributed by atoms with Gasteiger partial charge in [-0.1, -0.05) is 0 Å². The van der Waals surface area contributed by atoms with Crippen molar-refractivity contribution in [2.45, 2.75) is 12.8 Å². The molecule has 0 aromatic carbocycles. The highest BCUT2D eigenvalue weighted by molar-refractivity contribution is 5.17. The molecule has 1 unspecified atom stereocenters. The van der Waals surface area contributed by atoms with Crippen molar-refractivity contribution in [3.63, 3.8) is 0 Å². The molecular formula is C9H11N3O2. The van der Waals surface area contributed by atoms with Gasteiger partial charge in [0.05, 0.1) is 37.4 Å². The summed E-state index contributed by atoms with van der Waals surface area (Å²) in [4.78, 5) is 7.91. The van der Waals surface area contributed by atoms with Gasteiger partial charge in [0.2, 0.25) is 5.88 Å². The standard InChI is InChI=1S/C9H11N3O2/c1-2-14-9-5-11-4-8(12-9)7(3-10)6-13/h4-5,7,13H,2,6H2,1H3. The molecule has 0 fully saturated rings. The summed E-state index contributed by atoms with van der Waals surface area (Å²) in [6.07, 6.45) is 2.92. The Morgan fingerprint density at radius 2 is 2.43 bits per heavy atom. The average molecular weight is 193 g/mol. The third-order valence-electron chi connectivity index (χ3n) is 1.62. The van der Waals surface area contributed by atoms with Crippen LogP contribution >= 0.6 is 0 Å². The number of ether oxygens (including phenoxy) is 1. The normalized spacial score (nSPS) is 11.8. The van der Waals surface area contributed by atoms with Gasteiger partial charge in [-0.05, 0) is 6.92 Å². The third-order valence-corrected chi connectivity index (χ3v) is 1.62. The van der Waals surface area contributed by atoms with E-state index in [1.165, 1.54) is 12.4 Å². The van der Waals surface area contributed by atoms with Crippen LogP contribution in [-0.2, 0) is 0 Å². The van der Waals surface area contributed by atoms with Crippen LogP contribution in [0.4, 0.5) is 0 Å². The van der Waals surface area contributed by atoms with Crippen LogP contribution in [-0.4, -0.2) is 28.3 Å². The lowest BCUT2D eigenvalue weighted by molar-refractivity contribution is 0.281. The van der Waals surface area contributed by atoms with Crippen molar-refractivity contribution >= 4 is 0 Å². The Hall–Kier alpha value is -1.67. The van der Waals surface area contributed by atoms with Gasteiger partial charge in [0.1, 0.15) is 5.92 Å². The fourth-order valence-corrected chi connectivity index (χ4v) is 0.948. The van der Waals surface area contributed by atoms with E-state index in [0.29, 0.717) is 18.2 Å². The summed E-state index contributed by atoms with van der Waals surface area (Å²) in [6.45, 7) is 2.07. The number of aliphatic hydroxyl groups is 1. The molecule has 0 aliphatic heterocycles. The monoisotopic (exact) mass is 193 g/mol. The van der Waals surface area contributed by atoms with Crippen molar-refractivity contribution in [2.75, 3.05) is 13.2 Å². The van der Waals surface area contributed by atoms with Gasteiger partial charge >= 0.3 is 0 Å². The largest absolute Gasteiger partial charge is 0.477 e. The molecule has 5 heteroatoms. The number of aliphatic hydroxyl groups excluding tert-OH is 1. The van der Waals surface area contributed by atoms with Gasteiger partial charge < -0.3 is 9.84 Å². The smallest absolute Gasteiger partial charge is 0.232 e. The van der Waals surface area contributed by atoms with E-state index < -0.39 is 5.92 Å². The molecule has 0 saturated carbocycles. The zero-order valence-electron chi connectivity index (χ0n) is 7.84. The first-order valence-electron chi connectivity index (χ1n) is 4.27. The van der Waals surface area contributed by atoms with E-state index in [1.54, 1.807) is 0 Å². The lowest BCUT2D eigenvalue weighted by Crippen LogP contribution is -2.06. The number of hydrogen-bond donors (Lipinski definition) is 1. The average Bonchev–Trinajstić information content (AvgIpc) is 2.21. The quantitative estimate of drug-likeness (QED) is 0.752. The molecule has 0 amide bonds. The molecule has 0 bridgehead atoms. The molecule has 0 aliphatic rings. The van der Waals surface area contributed by atoms with Crippen molar-refractivity contribution in [2.24, 2.45) is 0 Å². The minimum absolute atomic E-state index is 0.263. The van der Waals surface area contributed by atoms with Gasteiger partial charge in [-0.3, -0.25) is 4.98 Å². The first-order chi connectivity index (χ1) is 6.81. The molecule has 0 radical (unpaired) electrons. The van der Waals surface area contributed by atoms with E-state index >= 15 is 0 Å². The Morgan fingerprint density at radius 1 is 1.64 bits per heavy atom. The van der Waals surface area contributed by atoms with Crippen LogP contribution in [0.2, 0.25) is 0 Å². The van der Waals surface area contributed by atoms with Crippen LogP contribution in [0.5, 0.6) is 5.88 Å². The molecule has 1 N–H and O–H groups in total. The lowest BCUT2D eigenvalue weighted by Gasteiger charge is -2.06. The Labute approximate surface area is 82.0 Å². The molecule has 1 atom stereocenters. The SMILES string of the molecule is CCOc1cncc(C(C#N)CO)n1. The van der Waals surface area contributed by atoms with Crippen LogP contribution in [0, 0.1) is 11.3 Å².